The van der Waals surface area contributed by atoms with Crippen molar-refractivity contribution in [2.45, 2.75) is 13.8 Å². The summed E-state index contributed by atoms with van der Waals surface area (Å²) in [6, 6.07) is 6.98. The smallest absolute Gasteiger partial charge is 0.307 e. The average Bonchev–Trinajstić information content (AvgIpc) is 2.84. The molecule has 0 aromatic heterocycles. The molecule has 0 saturated carbocycles. The Labute approximate surface area is 128 Å². The summed E-state index contributed by atoms with van der Waals surface area (Å²) in [5.74, 6) is 1.38. The lowest BCUT2D eigenvalue weighted by Gasteiger charge is -2.17. The number of thioether (sulfide) groups is 1. The number of carbonyl (C=O) groups excluding carboxylic acids is 1. The fraction of sp³-hybridized carbons (Fsp3) is 0.429. The normalized spacial score (nSPS) is 17.0. The van der Waals surface area contributed by atoms with Crippen LogP contribution in [0.25, 0.3) is 0 Å². The maximum atomic E-state index is 12.3. The second-order valence-corrected chi connectivity index (χ2v) is 6.46. The molecule has 0 atom stereocenters. The molecular formula is C14H18ClN3OS. The summed E-state index contributed by atoms with van der Waals surface area (Å²) < 4.78 is 0. The second kappa shape index (κ2) is 6.99. The van der Waals surface area contributed by atoms with Gasteiger partial charge in [0.05, 0.1) is 0 Å². The summed E-state index contributed by atoms with van der Waals surface area (Å²) in [7, 11) is 0. The first kappa shape index (κ1) is 15.2. The van der Waals surface area contributed by atoms with Crippen molar-refractivity contribution in [1.82, 2.24) is 4.90 Å². The summed E-state index contributed by atoms with van der Waals surface area (Å²) in [5.41, 5.74) is 0.697. The number of anilines is 1. The topological polar surface area (TPSA) is 44.7 Å². The van der Waals surface area contributed by atoms with E-state index in [1.54, 1.807) is 28.8 Å². The first-order chi connectivity index (χ1) is 9.56. The van der Waals surface area contributed by atoms with Gasteiger partial charge < -0.3 is 5.32 Å². The highest BCUT2D eigenvalue weighted by molar-refractivity contribution is 8.14. The van der Waals surface area contributed by atoms with Crippen molar-refractivity contribution in [3.63, 3.8) is 0 Å². The monoisotopic (exact) mass is 311 g/mol. The molecule has 1 aliphatic heterocycles. The third-order valence-electron chi connectivity index (χ3n) is 2.69. The number of nitrogens with one attached hydrogen (secondary N) is 1. The molecule has 0 radical (unpaired) electrons. The van der Waals surface area contributed by atoms with Gasteiger partial charge in [-0.15, -0.1) is 0 Å². The molecule has 0 aliphatic carbocycles. The SMILES string of the molecule is CC(C)CN=C1SCCN1C(=O)Nc1cccc(Cl)c1. The van der Waals surface area contributed by atoms with Crippen LogP contribution >= 0.6 is 23.4 Å². The van der Waals surface area contributed by atoms with Gasteiger partial charge in [0.1, 0.15) is 0 Å². The number of hydrogen-bond acceptors (Lipinski definition) is 3. The molecule has 1 aliphatic rings. The number of halogens is 1. The standard InChI is InChI=1S/C14H18ClN3OS/c1-10(2)9-16-14-18(6-7-20-14)13(19)17-12-5-3-4-11(15)8-12/h3-5,8,10H,6-7,9H2,1-2H3,(H,17,19). The number of urea groups is 1. The summed E-state index contributed by atoms with van der Waals surface area (Å²) in [6.07, 6.45) is 0. The molecule has 2 amide bonds. The zero-order valence-corrected chi connectivity index (χ0v) is 13.2. The van der Waals surface area contributed by atoms with Crippen LogP contribution in [-0.2, 0) is 0 Å². The second-order valence-electron chi connectivity index (χ2n) is 4.96. The number of rotatable bonds is 3. The predicted octanol–water partition coefficient (Wildman–Crippen LogP) is 3.93. The molecule has 1 saturated heterocycles. The lowest BCUT2D eigenvalue weighted by atomic mass is 10.2. The molecule has 0 bridgehead atoms. The molecule has 1 heterocycles. The minimum Gasteiger partial charge on any atom is -0.307 e. The van der Waals surface area contributed by atoms with Crippen molar-refractivity contribution in [1.29, 1.82) is 0 Å². The van der Waals surface area contributed by atoms with Gasteiger partial charge in [-0.2, -0.15) is 0 Å². The molecule has 2 rings (SSSR count). The van der Waals surface area contributed by atoms with E-state index in [-0.39, 0.29) is 6.03 Å². The first-order valence-corrected chi connectivity index (χ1v) is 7.94. The molecule has 20 heavy (non-hydrogen) atoms. The maximum Gasteiger partial charge on any atom is 0.327 e. The van der Waals surface area contributed by atoms with Crippen molar-refractivity contribution in [2.24, 2.45) is 10.9 Å². The molecule has 6 heteroatoms. The van der Waals surface area contributed by atoms with Crippen molar-refractivity contribution >= 4 is 40.2 Å². The van der Waals surface area contributed by atoms with E-state index in [2.05, 4.69) is 24.2 Å². The Morgan fingerprint density at radius 3 is 3.05 bits per heavy atom. The van der Waals surface area contributed by atoms with E-state index in [1.165, 1.54) is 0 Å². The van der Waals surface area contributed by atoms with Crippen molar-refractivity contribution in [3.05, 3.63) is 29.3 Å². The van der Waals surface area contributed by atoms with Gasteiger partial charge in [0.2, 0.25) is 0 Å². The lowest BCUT2D eigenvalue weighted by Crippen LogP contribution is -2.35. The zero-order valence-electron chi connectivity index (χ0n) is 11.6. The van der Waals surface area contributed by atoms with Gasteiger partial charge in [-0.3, -0.25) is 9.89 Å². The maximum absolute atomic E-state index is 12.3. The summed E-state index contributed by atoms with van der Waals surface area (Å²) >= 11 is 7.53. The zero-order chi connectivity index (χ0) is 14.5. The van der Waals surface area contributed by atoms with Crippen molar-refractivity contribution in [2.75, 3.05) is 24.2 Å². The van der Waals surface area contributed by atoms with Crippen LogP contribution in [0.2, 0.25) is 5.02 Å². The lowest BCUT2D eigenvalue weighted by molar-refractivity contribution is 0.236. The number of nitrogens with zero attached hydrogens (tertiary/aromatic N) is 2. The van der Waals surface area contributed by atoms with E-state index in [0.717, 1.165) is 17.5 Å². The highest BCUT2D eigenvalue weighted by Gasteiger charge is 2.25. The number of hydrogen-bond donors (Lipinski definition) is 1. The van der Waals surface area contributed by atoms with Crippen LogP contribution in [0, 0.1) is 5.92 Å². The Morgan fingerprint density at radius 1 is 1.55 bits per heavy atom. The van der Waals surface area contributed by atoms with E-state index in [4.69, 9.17) is 11.6 Å². The largest absolute Gasteiger partial charge is 0.327 e. The highest BCUT2D eigenvalue weighted by atomic mass is 35.5. The van der Waals surface area contributed by atoms with Crippen molar-refractivity contribution in [3.8, 4) is 0 Å². The van der Waals surface area contributed by atoms with Crippen LogP contribution in [0.15, 0.2) is 29.3 Å². The highest BCUT2D eigenvalue weighted by Crippen LogP contribution is 2.21. The Kier molecular flexibility index (Phi) is 5.31. The number of aliphatic imine (C=N–C) groups is 1. The molecule has 0 spiro atoms. The minimum absolute atomic E-state index is 0.153. The minimum atomic E-state index is -0.153. The Bertz CT molecular complexity index is 519. The molecule has 1 N–H and O–H groups in total. The Balaban J connectivity index is 2.02. The number of amides is 2. The molecule has 4 nitrogen and oxygen atoms in total. The van der Waals surface area contributed by atoms with Crippen LogP contribution in [0.4, 0.5) is 10.5 Å². The predicted molar refractivity (Wildman–Crippen MR) is 86.8 cm³/mol. The van der Waals surface area contributed by atoms with E-state index < -0.39 is 0 Å². The van der Waals surface area contributed by atoms with Crippen molar-refractivity contribution < 1.29 is 4.79 Å². The number of amidine groups is 1. The molecule has 108 valence electrons. The van der Waals surface area contributed by atoms with Gasteiger partial charge in [0.25, 0.3) is 0 Å². The third kappa shape index (κ3) is 4.15. The number of benzene rings is 1. The van der Waals surface area contributed by atoms with Crippen LogP contribution in [-0.4, -0.2) is 34.9 Å². The van der Waals surface area contributed by atoms with Gasteiger partial charge in [-0.25, -0.2) is 4.79 Å². The molecule has 1 fully saturated rings. The van der Waals surface area contributed by atoms with Gasteiger partial charge in [-0.1, -0.05) is 43.3 Å². The van der Waals surface area contributed by atoms with Gasteiger partial charge in [0.15, 0.2) is 5.17 Å². The summed E-state index contributed by atoms with van der Waals surface area (Å²) in [4.78, 5) is 18.5. The fourth-order valence-electron chi connectivity index (χ4n) is 1.74. The van der Waals surface area contributed by atoms with E-state index in [0.29, 0.717) is 23.2 Å². The van der Waals surface area contributed by atoms with E-state index in [1.807, 2.05) is 12.1 Å². The average molecular weight is 312 g/mol. The van der Waals surface area contributed by atoms with Crippen LogP contribution in [0.5, 0.6) is 0 Å². The fourth-order valence-corrected chi connectivity index (χ4v) is 2.88. The van der Waals surface area contributed by atoms with Crippen LogP contribution in [0.3, 0.4) is 0 Å². The quantitative estimate of drug-likeness (QED) is 0.919. The summed E-state index contributed by atoms with van der Waals surface area (Å²) in [5, 5.41) is 4.26. The van der Waals surface area contributed by atoms with Gasteiger partial charge in [0, 0.05) is 29.6 Å². The molecule has 0 unspecified atom stereocenters. The van der Waals surface area contributed by atoms with Crippen LogP contribution in [0.1, 0.15) is 13.8 Å². The molecule has 1 aromatic carbocycles. The van der Waals surface area contributed by atoms with Gasteiger partial charge in [-0.05, 0) is 24.1 Å². The first-order valence-electron chi connectivity index (χ1n) is 6.57. The molecule has 1 aromatic rings. The Hall–Kier alpha value is -1.20. The van der Waals surface area contributed by atoms with E-state index in [9.17, 15) is 4.79 Å². The van der Waals surface area contributed by atoms with E-state index >= 15 is 0 Å². The van der Waals surface area contributed by atoms with Gasteiger partial charge >= 0.3 is 6.03 Å². The number of carbonyl (C=O) groups is 1. The Morgan fingerprint density at radius 2 is 2.35 bits per heavy atom. The third-order valence-corrected chi connectivity index (χ3v) is 3.92. The molecular weight excluding hydrogens is 294 g/mol. The summed E-state index contributed by atoms with van der Waals surface area (Å²) in [6.45, 7) is 5.65. The van der Waals surface area contributed by atoms with Crippen LogP contribution < -0.4 is 5.32 Å².